The molecule has 0 saturated heterocycles. The Balaban J connectivity index is 3.00. The van der Waals surface area contributed by atoms with Crippen molar-refractivity contribution >= 4 is 23.9 Å². The molecule has 0 fully saturated rings. The first kappa shape index (κ1) is 34.1. The smallest absolute Gasteiger partial charge is 0.323 e. The lowest BCUT2D eigenvalue weighted by atomic mass is 9.90. The largest absolute Gasteiger partial charge is 0.461 e. The molecule has 0 spiro atoms. The Hall–Kier alpha value is -2.94. The van der Waals surface area contributed by atoms with E-state index in [2.05, 4.69) is 0 Å². The number of nitrogens with two attached hydrogens (primary N) is 1. The van der Waals surface area contributed by atoms with Crippen molar-refractivity contribution < 1.29 is 38.1 Å². The van der Waals surface area contributed by atoms with E-state index in [-0.39, 0.29) is 42.3 Å². The number of hydrogen-bond acceptors (Lipinski definition) is 9. The summed E-state index contributed by atoms with van der Waals surface area (Å²) in [6.07, 6.45) is 0.565. The average molecular weight is 550 g/mol. The summed E-state index contributed by atoms with van der Waals surface area (Å²) in [4.78, 5) is 50.1. The van der Waals surface area contributed by atoms with Gasteiger partial charge in [-0.2, -0.15) is 0 Å². The van der Waals surface area contributed by atoms with Gasteiger partial charge in [-0.15, -0.1) is 0 Å². The highest BCUT2D eigenvalue weighted by Gasteiger charge is 2.32. The molecule has 0 bridgehead atoms. The minimum Gasteiger partial charge on any atom is -0.461 e. The van der Waals surface area contributed by atoms with E-state index in [0.717, 1.165) is 0 Å². The molecule has 1 aromatic carbocycles. The van der Waals surface area contributed by atoms with Gasteiger partial charge >= 0.3 is 23.9 Å². The van der Waals surface area contributed by atoms with Crippen LogP contribution >= 0.6 is 0 Å². The van der Waals surface area contributed by atoms with Crippen LogP contribution in [-0.2, 0) is 35.1 Å². The third-order valence-corrected chi connectivity index (χ3v) is 7.19. The van der Waals surface area contributed by atoms with Crippen LogP contribution in [0, 0.1) is 22.7 Å². The highest BCUT2D eigenvalue weighted by molar-refractivity contribution is 5.81. The summed E-state index contributed by atoms with van der Waals surface area (Å²) in [6, 6.07) is 3.69. The number of benzene rings is 1. The maximum absolute atomic E-state index is 12.8. The average Bonchev–Trinajstić information content (AvgIpc) is 2.87. The molecule has 0 aliphatic carbocycles. The van der Waals surface area contributed by atoms with Gasteiger partial charge in [-0.3, -0.25) is 19.2 Å². The van der Waals surface area contributed by atoms with Gasteiger partial charge in [0.1, 0.15) is 18.8 Å². The van der Waals surface area contributed by atoms with Crippen LogP contribution < -0.4 is 15.2 Å². The van der Waals surface area contributed by atoms with Crippen LogP contribution in [0.5, 0.6) is 11.5 Å². The lowest BCUT2D eigenvalue weighted by Gasteiger charge is -2.23. The number of carbonyl (C=O) groups is 4. The molecule has 0 saturated carbocycles. The van der Waals surface area contributed by atoms with E-state index in [0.29, 0.717) is 18.4 Å². The van der Waals surface area contributed by atoms with Gasteiger partial charge in [0.25, 0.3) is 0 Å². The second-order valence-corrected chi connectivity index (χ2v) is 11.8. The molecule has 0 aromatic heterocycles. The van der Waals surface area contributed by atoms with Crippen molar-refractivity contribution in [2.24, 2.45) is 28.4 Å². The fourth-order valence-electron chi connectivity index (χ4n) is 2.86. The summed E-state index contributed by atoms with van der Waals surface area (Å²) in [5, 5.41) is 0. The fourth-order valence-corrected chi connectivity index (χ4v) is 2.86. The van der Waals surface area contributed by atoms with Crippen LogP contribution in [0.25, 0.3) is 0 Å². The van der Waals surface area contributed by atoms with Crippen LogP contribution in [0.4, 0.5) is 0 Å². The van der Waals surface area contributed by atoms with E-state index < -0.39 is 40.9 Å². The molecule has 3 atom stereocenters. The maximum Gasteiger partial charge on any atom is 0.323 e. The maximum atomic E-state index is 12.8. The Kier molecular flexibility index (Phi) is 12.6. The third kappa shape index (κ3) is 10.3. The van der Waals surface area contributed by atoms with Gasteiger partial charge in [0.05, 0.1) is 16.7 Å². The normalized spacial score (nSPS) is 14.3. The predicted octanol–water partition coefficient (Wildman–Crippen LogP) is 5.01. The molecule has 0 radical (unpaired) electrons. The topological polar surface area (TPSA) is 131 Å². The van der Waals surface area contributed by atoms with E-state index in [4.69, 9.17) is 24.7 Å². The SMILES string of the molecule is CCC(C)(C)C(=O)Oc1ccc(C[C@H](N)C(=O)OC[C@H](C)OC(=O)C(C)C(C)C)cc1OC(=O)C(C)(C)CC. The second-order valence-electron chi connectivity index (χ2n) is 11.8. The first-order valence-electron chi connectivity index (χ1n) is 13.6. The van der Waals surface area contributed by atoms with Crippen molar-refractivity contribution in [3.05, 3.63) is 23.8 Å². The lowest BCUT2D eigenvalue weighted by Crippen LogP contribution is -2.36. The quantitative estimate of drug-likeness (QED) is 0.251. The lowest BCUT2D eigenvalue weighted by molar-refractivity contribution is -0.162. The van der Waals surface area contributed by atoms with Gasteiger partial charge in [0.15, 0.2) is 11.5 Å². The predicted molar refractivity (Wildman–Crippen MR) is 148 cm³/mol. The van der Waals surface area contributed by atoms with Gasteiger partial charge in [0.2, 0.25) is 0 Å². The minimum atomic E-state index is -1.02. The molecule has 1 rings (SSSR count). The molecule has 0 aliphatic heterocycles. The van der Waals surface area contributed by atoms with Gasteiger partial charge in [0, 0.05) is 0 Å². The van der Waals surface area contributed by atoms with Crippen molar-refractivity contribution in [1.82, 2.24) is 0 Å². The molecular weight excluding hydrogens is 502 g/mol. The summed E-state index contributed by atoms with van der Waals surface area (Å²) in [5.74, 6) is -1.92. The monoisotopic (exact) mass is 549 g/mol. The molecule has 1 aromatic rings. The summed E-state index contributed by atoms with van der Waals surface area (Å²) in [7, 11) is 0. The van der Waals surface area contributed by atoms with Crippen LogP contribution in [0.1, 0.15) is 87.6 Å². The summed E-state index contributed by atoms with van der Waals surface area (Å²) in [6.45, 7) is 18.0. The van der Waals surface area contributed by atoms with Crippen molar-refractivity contribution in [2.75, 3.05) is 6.61 Å². The Morgan fingerprint density at radius 2 is 1.33 bits per heavy atom. The molecule has 0 amide bonds. The van der Waals surface area contributed by atoms with Crippen LogP contribution in [-0.4, -0.2) is 42.6 Å². The molecule has 0 heterocycles. The van der Waals surface area contributed by atoms with Crippen molar-refractivity contribution in [3.8, 4) is 11.5 Å². The van der Waals surface area contributed by atoms with Gasteiger partial charge < -0.3 is 24.7 Å². The zero-order chi connectivity index (χ0) is 30.1. The van der Waals surface area contributed by atoms with Crippen molar-refractivity contribution in [2.45, 2.75) is 101 Å². The van der Waals surface area contributed by atoms with E-state index in [1.807, 2.05) is 27.7 Å². The zero-order valence-corrected chi connectivity index (χ0v) is 25.2. The zero-order valence-electron chi connectivity index (χ0n) is 25.2. The molecule has 220 valence electrons. The Labute approximate surface area is 233 Å². The van der Waals surface area contributed by atoms with Crippen molar-refractivity contribution in [1.29, 1.82) is 0 Å². The summed E-state index contributed by atoms with van der Waals surface area (Å²) >= 11 is 0. The number of hydrogen-bond donors (Lipinski definition) is 1. The Morgan fingerprint density at radius 3 is 1.82 bits per heavy atom. The number of rotatable bonds is 14. The fraction of sp³-hybridized carbons (Fsp3) is 0.667. The first-order chi connectivity index (χ1) is 17.9. The third-order valence-electron chi connectivity index (χ3n) is 7.19. The number of ether oxygens (including phenoxy) is 4. The van der Waals surface area contributed by atoms with E-state index in [1.54, 1.807) is 47.6 Å². The van der Waals surface area contributed by atoms with Gasteiger partial charge in [-0.25, -0.2) is 0 Å². The summed E-state index contributed by atoms with van der Waals surface area (Å²) in [5.41, 5.74) is 5.18. The Bertz CT molecular complexity index is 1010. The molecule has 9 heteroatoms. The standard InChI is InChI=1S/C30H47NO8/c1-11-29(7,8)27(34)38-23-14-13-21(16-24(23)39-28(35)30(9,10)12-2)15-22(31)26(33)36-17-19(5)37-25(32)20(6)18(3)4/h13-14,16,18-20,22H,11-12,15,17,31H2,1-10H3/t19-,20?,22-/m0/s1. The highest BCUT2D eigenvalue weighted by Crippen LogP contribution is 2.34. The van der Waals surface area contributed by atoms with E-state index >= 15 is 0 Å². The molecule has 9 nitrogen and oxygen atoms in total. The van der Waals surface area contributed by atoms with Gasteiger partial charge in [-0.1, -0.05) is 40.7 Å². The van der Waals surface area contributed by atoms with Crippen LogP contribution in [0.2, 0.25) is 0 Å². The first-order valence-corrected chi connectivity index (χ1v) is 13.6. The second kappa shape index (κ2) is 14.4. The number of esters is 4. The molecular formula is C30H47NO8. The van der Waals surface area contributed by atoms with Crippen LogP contribution in [0.15, 0.2) is 18.2 Å². The van der Waals surface area contributed by atoms with Crippen molar-refractivity contribution in [3.63, 3.8) is 0 Å². The molecule has 2 N–H and O–H groups in total. The van der Waals surface area contributed by atoms with Crippen LogP contribution in [0.3, 0.4) is 0 Å². The molecule has 0 aliphatic rings. The molecule has 1 unspecified atom stereocenters. The molecule has 39 heavy (non-hydrogen) atoms. The highest BCUT2D eigenvalue weighted by atomic mass is 16.6. The Morgan fingerprint density at radius 1 is 0.821 bits per heavy atom. The minimum absolute atomic E-state index is 0.0691. The van der Waals surface area contributed by atoms with Gasteiger partial charge in [-0.05, 0) is 77.5 Å². The van der Waals surface area contributed by atoms with E-state index in [1.165, 1.54) is 12.1 Å². The van der Waals surface area contributed by atoms with E-state index in [9.17, 15) is 19.2 Å². The number of carbonyl (C=O) groups excluding carboxylic acids is 4. The summed E-state index contributed by atoms with van der Waals surface area (Å²) < 4.78 is 21.9.